The molecule has 130 valence electrons. The van der Waals surface area contributed by atoms with Gasteiger partial charge in [0.05, 0.1) is 12.3 Å². The first-order chi connectivity index (χ1) is 10.6. The number of hydrogen-bond donors (Lipinski definition) is 1. The fourth-order valence-corrected chi connectivity index (χ4v) is 3.46. The summed E-state index contributed by atoms with van der Waals surface area (Å²) in [7, 11) is -3.41. The van der Waals surface area contributed by atoms with Crippen molar-refractivity contribution >= 4 is 44.8 Å². The van der Waals surface area contributed by atoms with Crippen LogP contribution in [0.15, 0.2) is 24.8 Å². The predicted molar refractivity (Wildman–Crippen MR) is 95.2 cm³/mol. The lowest BCUT2D eigenvalue weighted by Crippen LogP contribution is -2.36. The average molecular weight is 381 g/mol. The SMILES string of the molecule is C=CCOC(=O)N1C[C@@H](C(C)=S)C[C@H]1C=CC(Cl)NS(C)(=O)=O. The van der Waals surface area contributed by atoms with Crippen molar-refractivity contribution in [3.8, 4) is 0 Å². The topological polar surface area (TPSA) is 75.7 Å². The van der Waals surface area contributed by atoms with Gasteiger partial charge in [0.2, 0.25) is 10.0 Å². The zero-order valence-electron chi connectivity index (χ0n) is 13.1. The number of nitrogens with zero attached hydrogens (tertiary/aromatic N) is 1. The van der Waals surface area contributed by atoms with Gasteiger partial charge in [-0.3, -0.25) is 0 Å². The van der Waals surface area contributed by atoms with Crippen molar-refractivity contribution in [3.05, 3.63) is 24.8 Å². The first kappa shape index (κ1) is 20.1. The molecule has 0 aromatic carbocycles. The van der Waals surface area contributed by atoms with E-state index in [1.807, 2.05) is 6.92 Å². The van der Waals surface area contributed by atoms with E-state index in [4.69, 9.17) is 28.6 Å². The van der Waals surface area contributed by atoms with E-state index >= 15 is 0 Å². The lowest BCUT2D eigenvalue weighted by atomic mass is 10.0. The Labute approximate surface area is 147 Å². The van der Waals surface area contributed by atoms with Gasteiger partial charge in [0.15, 0.2) is 0 Å². The standard InChI is InChI=1S/C14H21ClN2O4S2/c1-4-7-21-14(18)17-9-11(10(2)22)8-12(17)5-6-13(15)16-23(3,19)20/h4-6,11-13,16H,1,7-9H2,2-3H3/t11-,12+,13?/m0/s1. The normalized spacial score (nSPS) is 23.0. The van der Waals surface area contributed by atoms with Crippen molar-refractivity contribution in [1.29, 1.82) is 0 Å². The second-order valence-corrected chi connectivity index (χ2v) is 8.20. The molecule has 1 aliphatic heterocycles. The molecule has 23 heavy (non-hydrogen) atoms. The number of hydrogen-bond acceptors (Lipinski definition) is 5. The summed E-state index contributed by atoms with van der Waals surface area (Å²) in [6, 6.07) is -0.252. The van der Waals surface area contributed by atoms with Crippen LogP contribution >= 0.6 is 23.8 Å². The van der Waals surface area contributed by atoms with Gasteiger partial charge in [-0.1, -0.05) is 37.0 Å². The quantitative estimate of drug-likeness (QED) is 0.316. The highest BCUT2D eigenvalue weighted by molar-refractivity contribution is 7.88. The minimum absolute atomic E-state index is 0.0903. The number of amides is 1. The molecular weight excluding hydrogens is 360 g/mol. The molecule has 0 aromatic rings. The van der Waals surface area contributed by atoms with Gasteiger partial charge in [-0.2, -0.15) is 4.72 Å². The fourth-order valence-electron chi connectivity index (χ4n) is 2.24. The summed E-state index contributed by atoms with van der Waals surface area (Å²) < 4.78 is 29.6. The predicted octanol–water partition coefficient (Wildman–Crippen LogP) is 2.06. The molecule has 1 fully saturated rings. The highest BCUT2D eigenvalue weighted by Gasteiger charge is 2.35. The number of likely N-dealkylation sites (tertiary alicyclic amines) is 1. The third kappa shape index (κ3) is 6.99. The summed E-state index contributed by atoms with van der Waals surface area (Å²) in [6.07, 6.45) is 5.91. The number of carbonyl (C=O) groups excluding carboxylic acids is 1. The molecule has 0 spiro atoms. The number of rotatable bonds is 7. The average Bonchev–Trinajstić information content (AvgIpc) is 2.85. The monoisotopic (exact) mass is 380 g/mol. The van der Waals surface area contributed by atoms with Crippen LogP contribution in [0.5, 0.6) is 0 Å². The molecule has 0 aromatic heterocycles. The van der Waals surface area contributed by atoms with Gasteiger partial charge in [-0.05, 0) is 18.2 Å². The zero-order valence-corrected chi connectivity index (χ0v) is 15.5. The number of halogens is 1. The van der Waals surface area contributed by atoms with Gasteiger partial charge in [-0.15, -0.1) is 11.6 Å². The number of thiocarbonyl (C=S) groups is 1. The van der Waals surface area contributed by atoms with E-state index in [9.17, 15) is 13.2 Å². The maximum absolute atomic E-state index is 12.1. The molecule has 1 amide bonds. The summed E-state index contributed by atoms with van der Waals surface area (Å²) in [5.41, 5.74) is -0.885. The number of carbonyl (C=O) groups is 1. The summed E-state index contributed by atoms with van der Waals surface area (Å²) in [5.74, 6) is 0.0903. The Hall–Kier alpha value is -0.960. The third-order valence-corrected chi connectivity index (χ3v) is 4.71. The molecule has 0 saturated carbocycles. The second kappa shape index (κ2) is 8.77. The molecule has 1 heterocycles. The number of sulfonamides is 1. The largest absolute Gasteiger partial charge is 0.445 e. The van der Waals surface area contributed by atoms with Crippen molar-refractivity contribution in [2.24, 2.45) is 5.92 Å². The Morgan fingerprint density at radius 3 is 2.78 bits per heavy atom. The first-order valence-electron chi connectivity index (χ1n) is 6.98. The Kier molecular flexibility index (Phi) is 7.66. The lowest BCUT2D eigenvalue weighted by molar-refractivity contribution is 0.113. The van der Waals surface area contributed by atoms with Crippen molar-refractivity contribution in [1.82, 2.24) is 9.62 Å². The van der Waals surface area contributed by atoms with Crippen LogP contribution in [0.1, 0.15) is 13.3 Å². The van der Waals surface area contributed by atoms with Crippen molar-refractivity contribution in [3.63, 3.8) is 0 Å². The Morgan fingerprint density at radius 1 is 1.61 bits per heavy atom. The van der Waals surface area contributed by atoms with E-state index < -0.39 is 21.6 Å². The van der Waals surface area contributed by atoms with Crippen LogP contribution in [0, 0.1) is 5.92 Å². The molecule has 1 saturated heterocycles. The number of ether oxygens (including phenoxy) is 1. The molecule has 0 bridgehead atoms. The van der Waals surface area contributed by atoms with E-state index in [0.29, 0.717) is 13.0 Å². The Bertz CT molecular complexity index is 592. The third-order valence-electron chi connectivity index (χ3n) is 3.31. The second-order valence-electron chi connectivity index (χ2n) is 5.31. The van der Waals surface area contributed by atoms with E-state index in [1.165, 1.54) is 12.2 Å². The Morgan fingerprint density at radius 2 is 2.26 bits per heavy atom. The van der Waals surface area contributed by atoms with Crippen LogP contribution in [0.4, 0.5) is 4.79 Å². The number of alkyl halides is 1. The van der Waals surface area contributed by atoms with Gasteiger partial charge < -0.3 is 9.64 Å². The van der Waals surface area contributed by atoms with Crippen LogP contribution in [0.25, 0.3) is 0 Å². The summed E-state index contributed by atoms with van der Waals surface area (Å²) in [6.45, 7) is 5.93. The van der Waals surface area contributed by atoms with Crippen LogP contribution < -0.4 is 4.72 Å². The molecule has 1 aliphatic rings. The molecule has 6 nitrogen and oxygen atoms in total. The van der Waals surface area contributed by atoms with E-state index in [-0.39, 0.29) is 18.6 Å². The molecule has 0 radical (unpaired) electrons. The lowest BCUT2D eigenvalue weighted by Gasteiger charge is -2.21. The molecule has 1 rings (SSSR count). The molecule has 9 heteroatoms. The van der Waals surface area contributed by atoms with Gasteiger partial charge >= 0.3 is 6.09 Å². The van der Waals surface area contributed by atoms with Gasteiger partial charge in [0.25, 0.3) is 0 Å². The van der Waals surface area contributed by atoms with Gasteiger partial charge in [0, 0.05) is 12.5 Å². The number of nitrogens with one attached hydrogen (secondary N) is 1. The van der Waals surface area contributed by atoms with E-state index in [1.54, 1.807) is 11.0 Å². The summed E-state index contributed by atoms with van der Waals surface area (Å²) >= 11 is 11.1. The molecule has 1 N–H and O–H groups in total. The minimum atomic E-state index is -3.41. The summed E-state index contributed by atoms with van der Waals surface area (Å²) in [4.78, 5) is 14.5. The van der Waals surface area contributed by atoms with Crippen molar-refractivity contribution in [2.45, 2.75) is 24.9 Å². The maximum atomic E-state index is 12.1. The van der Waals surface area contributed by atoms with Crippen LogP contribution in [-0.4, -0.2) is 55.2 Å². The molecule has 3 atom stereocenters. The fraction of sp³-hybridized carbons (Fsp3) is 0.571. The van der Waals surface area contributed by atoms with Gasteiger partial charge in [0.1, 0.15) is 12.1 Å². The molecular formula is C14H21ClN2O4S2. The smallest absolute Gasteiger partial charge is 0.410 e. The first-order valence-corrected chi connectivity index (χ1v) is 9.72. The van der Waals surface area contributed by atoms with E-state index in [0.717, 1.165) is 11.1 Å². The van der Waals surface area contributed by atoms with E-state index in [2.05, 4.69) is 11.3 Å². The molecule has 1 unspecified atom stereocenters. The Balaban J connectivity index is 2.80. The van der Waals surface area contributed by atoms with Crippen molar-refractivity contribution in [2.75, 3.05) is 19.4 Å². The minimum Gasteiger partial charge on any atom is -0.445 e. The molecule has 0 aliphatic carbocycles. The van der Waals surface area contributed by atoms with Crippen molar-refractivity contribution < 1.29 is 17.9 Å². The van der Waals surface area contributed by atoms with Crippen LogP contribution in [0.2, 0.25) is 0 Å². The van der Waals surface area contributed by atoms with Crippen LogP contribution in [0.3, 0.4) is 0 Å². The highest BCUT2D eigenvalue weighted by Crippen LogP contribution is 2.26. The van der Waals surface area contributed by atoms with Crippen LogP contribution in [-0.2, 0) is 14.8 Å². The highest BCUT2D eigenvalue weighted by atomic mass is 35.5. The maximum Gasteiger partial charge on any atom is 0.410 e. The zero-order chi connectivity index (χ0) is 17.6. The van der Waals surface area contributed by atoms with Gasteiger partial charge in [-0.25, -0.2) is 13.2 Å². The summed E-state index contributed by atoms with van der Waals surface area (Å²) in [5, 5.41) is 0.